The van der Waals surface area contributed by atoms with Gasteiger partial charge in [-0.1, -0.05) is 79.2 Å². The second-order valence-electron chi connectivity index (χ2n) is 9.00. The lowest BCUT2D eigenvalue weighted by Crippen LogP contribution is -2.41. The van der Waals surface area contributed by atoms with Crippen LogP contribution in [0.3, 0.4) is 0 Å². The highest BCUT2D eigenvalue weighted by atomic mass is 79.9. The van der Waals surface area contributed by atoms with E-state index < -0.39 is 5.41 Å². The van der Waals surface area contributed by atoms with E-state index in [0.29, 0.717) is 0 Å². The lowest BCUT2D eigenvalue weighted by molar-refractivity contribution is -0.159. The summed E-state index contributed by atoms with van der Waals surface area (Å²) in [6.45, 7) is 2.24. The molecule has 0 atom stereocenters. The van der Waals surface area contributed by atoms with Gasteiger partial charge in [0.15, 0.2) is 0 Å². The minimum absolute atomic E-state index is 0.0493. The van der Waals surface area contributed by atoms with Gasteiger partial charge in [0.1, 0.15) is 6.10 Å². The summed E-state index contributed by atoms with van der Waals surface area (Å²) in [5, 5.41) is 1.07. The number of rotatable bonds is 8. The van der Waals surface area contributed by atoms with Crippen LogP contribution < -0.4 is 0 Å². The molecule has 2 nitrogen and oxygen atoms in total. The van der Waals surface area contributed by atoms with Crippen LogP contribution in [-0.2, 0) is 21.4 Å². The molecule has 3 rings (SSSR count). The molecule has 3 heteroatoms. The van der Waals surface area contributed by atoms with Crippen molar-refractivity contribution in [1.29, 1.82) is 0 Å². The van der Waals surface area contributed by atoms with Gasteiger partial charge in [-0.2, -0.15) is 0 Å². The number of alkyl halides is 1. The summed E-state index contributed by atoms with van der Waals surface area (Å²) in [5.74, 6) is 0.798. The summed E-state index contributed by atoms with van der Waals surface area (Å²) in [4.78, 5) is 13.4. The maximum atomic E-state index is 13.4. The predicted octanol–water partition coefficient (Wildman–Crippen LogP) is 7.12. The second kappa shape index (κ2) is 10.8. The van der Waals surface area contributed by atoms with Gasteiger partial charge < -0.3 is 4.74 Å². The molecule has 2 saturated carbocycles. The first-order valence-corrected chi connectivity index (χ1v) is 12.7. The highest BCUT2D eigenvalue weighted by Crippen LogP contribution is 2.42. The van der Waals surface area contributed by atoms with E-state index in [1.54, 1.807) is 0 Å². The Labute approximate surface area is 179 Å². The Hall–Kier alpha value is -0.830. The number of halogens is 1. The van der Waals surface area contributed by atoms with Gasteiger partial charge in [0.05, 0.1) is 5.41 Å². The van der Waals surface area contributed by atoms with Crippen LogP contribution in [0.2, 0.25) is 0 Å². The Balaban J connectivity index is 1.68. The Bertz CT molecular complexity index is 595. The van der Waals surface area contributed by atoms with E-state index in [0.717, 1.165) is 56.2 Å². The number of hydrogen-bond acceptors (Lipinski definition) is 2. The first-order chi connectivity index (χ1) is 13.7. The van der Waals surface area contributed by atoms with E-state index >= 15 is 0 Å². The van der Waals surface area contributed by atoms with E-state index in [-0.39, 0.29) is 12.1 Å². The van der Waals surface area contributed by atoms with Crippen LogP contribution in [0.1, 0.15) is 95.1 Å². The summed E-state index contributed by atoms with van der Waals surface area (Å²) in [5.41, 5.74) is 2.17. The Morgan fingerprint density at radius 3 is 2.32 bits per heavy atom. The molecule has 0 aliphatic heterocycles. The second-order valence-corrected chi connectivity index (χ2v) is 9.65. The van der Waals surface area contributed by atoms with Gasteiger partial charge in [-0.3, -0.25) is 4.79 Å². The van der Waals surface area contributed by atoms with Crippen LogP contribution in [0, 0.1) is 5.92 Å². The minimum Gasteiger partial charge on any atom is -0.462 e. The average molecular weight is 449 g/mol. The van der Waals surface area contributed by atoms with Gasteiger partial charge in [0, 0.05) is 5.33 Å². The molecule has 0 heterocycles. The number of ether oxygens (including phenoxy) is 1. The van der Waals surface area contributed by atoms with Crippen molar-refractivity contribution in [3.8, 4) is 0 Å². The summed E-state index contributed by atoms with van der Waals surface area (Å²) in [6.07, 6.45) is 14.8. The van der Waals surface area contributed by atoms with Crippen molar-refractivity contribution in [3.05, 3.63) is 35.4 Å². The van der Waals surface area contributed by atoms with Gasteiger partial charge in [0.2, 0.25) is 0 Å². The van der Waals surface area contributed by atoms with E-state index in [1.165, 1.54) is 49.7 Å². The van der Waals surface area contributed by atoms with Crippen molar-refractivity contribution >= 4 is 21.9 Å². The fourth-order valence-corrected chi connectivity index (χ4v) is 5.65. The largest absolute Gasteiger partial charge is 0.462 e. The molecule has 0 saturated heterocycles. The number of carbonyl (C=O) groups excluding carboxylic acids is 1. The molecule has 0 amide bonds. The Morgan fingerprint density at radius 2 is 1.71 bits per heavy atom. The summed E-state index contributed by atoms with van der Waals surface area (Å²) < 4.78 is 6.14. The Morgan fingerprint density at radius 1 is 1.04 bits per heavy atom. The SMILES string of the molecule is CCCCCc1ccc(C2(C(=O)O[C@H]3CC[C@H](CBr)CC3)CCCCC2)cc1. The van der Waals surface area contributed by atoms with Gasteiger partial charge in [-0.05, 0) is 68.4 Å². The summed E-state index contributed by atoms with van der Waals surface area (Å²) >= 11 is 3.60. The van der Waals surface area contributed by atoms with Gasteiger partial charge >= 0.3 is 5.97 Å². The molecule has 1 aromatic carbocycles. The zero-order valence-corrected chi connectivity index (χ0v) is 19.1. The molecular weight excluding hydrogens is 412 g/mol. The highest BCUT2D eigenvalue weighted by Gasteiger charge is 2.43. The maximum Gasteiger partial charge on any atom is 0.316 e. The monoisotopic (exact) mass is 448 g/mol. The lowest BCUT2D eigenvalue weighted by atomic mass is 9.69. The number of hydrogen-bond donors (Lipinski definition) is 0. The van der Waals surface area contributed by atoms with Crippen molar-refractivity contribution in [1.82, 2.24) is 0 Å². The third-order valence-electron chi connectivity index (χ3n) is 6.96. The van der Waals surface area contributed by atoms with Crippen molar-refractivity contribution in [2.45, 2.75) is 102 Å². The molecule has 156 valence electrons. The number of carbonyl (C=O) groups is 1. The van der Waals surface area contributed by atoms with Crippen LogP contribution in [-0.4, -0.2) is 17.4 Å². The molecule has 2 aliphatic rings. The highest BCUT2D eigenvalue weighted by molar-refractivity contribution is 9.09. The molecule has 2 aliphatic carbocycles. The van der Waals surface area contributed by atoms with Gasteiger partial charge in [-0.15, -0.1) is 0 Å². The first kappa shape index (κ1) is 21.9. The zero-order valence-electron chi connectivity index (χ0n) is 17.6. The van der Waals surface area contributed by atoms with Crippen LogP contribution in [0.25, 0.3) is 0 Å². The third-order valence-corrected chi connectivity index (χ3v) is 7.87. The summed E-state index contributed by atoms with van der Waals surface area (Å²) in [7, 11) is 0. The lowest BCUT2D eigenvalue weighted by Gasteiger charge is -2.37. The van der Waals surface area contributed by atoms with Crippen LogP contribution >= 0.6 is 15.9 Å². The van der Waals surface area contributed by atoms with Crippen molar-refractivity contribution in [3.63, 3.8) is 0 Å². The first-order valence-electron chi connectivity index (χ1n) is 11.5. The smallest absolute Gasteiger partial charge is 0.316 e. The molecule has 0 spiro atoms. The molecule has 0 N–H and O–H groups in total. The molecule has 0 bridgehead atoms. The molecule has 0 unspecified atom stereocenters. The van der Waals surface area contributed by atoms with E-state index in [2.05, 4.69) is 47.1 Å². The average Bonchev–Trinajstić information content (AvgIpc) is 2.75. The van der Waals surface area contributed by atoms with E-state index in [9.17, 15) is 4.79 Å². The molecule has 0 aromatic heterocycles. The fourth-order valence-electron chi connectivity index (χ4n) is 5.00. The van der Waals surface area contributed by atoms with Gasteiger partial charge in [-0.25, -0.2) is 0 Å². The molecular formula is C25H37BrO2. The van der Waals surface area contributed by atoms with E-state index in [4.69, 9.17) is 4.74 Å². The van der Waals surface area contributed by atoms with Crippen molar-refractivity contribution in [2.75, 3.05) is 5.33 Å². The number of esters is 1. The molecule has 1 aromatic rings. The van der Waals surface area contributed by atoms with Crippen LogP contribution in [0.5, 0.6) is 0 Å². The Kier molecular flexibility index (Phi) is 8.44. The fraction of sp³-hybridized carbons (Fsp3) is 0.720. The van der Waals surface area contributed by atoms with Crippen molar-refractivity contribution < 1.29 is 9.53 Å². The molecule has 2 fully saturated rings. The predicted molar refractivity (Wildman–Crippen MR) is 120 cm³/mol. The number of aryl methyl sites for hydroxylation is 1. The number of benzene rings is 1. The number of unbranched alkanes of at least 4 members (excludes halogenated alkanes) is 2. The molecule has 28 heavy (non-hydrogen) atoms. The van der Waals surface area contributed by atoms with Crippen molar-refractivity contribution in [2.24, 2.45) is 5.92 Å². The van der Waals surface area contributed by atoms with Crippen LogP contribution in [0.15, 0.2) is 24.3 Å². The normalized spacial score (nSPS) is 24.6. The molecule has 0 radical (unpaired) electrons. The standard InChI is InChI=1S/C25H37BrO2/c1-2-3-5-8-20-9-13-22(14-10-20)25(17-6-4-7-18-25)24(27)28-23-15-11-21(19-26)12-16-23/h9-10,13-14,21,23H,2-8,11-12,15-19H2,1H3/t21-,23-. The zero-order chi connectivity index (χ0) is 19.8. The third kappa shape index (κ3) is 5.40. The van der Waals surface area contributed by atoms with Gasteiger partial charge in [0.25, 0.3) is 0 Å². The van der Waals surface area contributed by atoms with E-state index in [1.807, 2.05) is 0 Å². The van der Waals surface area contributed by atoms with Crippen LogP contribution in [0.4, 0.5) is 0 Å². The minimum atomic E-state index is -0.410. The summed E-state index contributed by atoms with van der Waals surface area (Å²) in [6, 6.07) is 8.93. The maximum absolute atomic E-state index is 13.4. The quantitative estimate of drug-likeness (QED) is 0.240. The topological polar surface area (TPSA) is 26.3 Å².